The number of amides is 1. The summed E-state index contributed by atoms with van der Waals surface area (Å²) < 4.78 is 27.0. The van der Waals surface area contributed by atoms with Crippen LogP contribution in [0.5, 0.6) is 0 Å². The number of nitrogens with zero attached hydrogens (tertiary/aromatic N) is 1. The molecule has 1 amide bonds. The first-order valence-electron chi connectivity index (χ1n) is 7.90. The van der Waals surface area contributed by atoms with E-state index >= 15 is 0 Å². The van der Waals surface area contributed by atoms with E-state index in [4.69, 9.17) is 5.73 Å². The molecular formula is C16H22N2O3S. The van der Waals surface area contributed by atoms with Crippen molar-refractivity contribution in [2.24, 2.45) is 11.7 Å². The fraction of sp³-hybridized carbons (Fsp3) is 0.562. The van der Waals surface area contributed by atoms with E-state index in [-0.39, 0.29) is 12.5 Å². The minimum absolute atomic E-state index is 0.203. The van der Waals surface area contributed by atoms with Gasteiger partial charge < -0.3 is 5.73 Å². The van der Waals surface area contributed by atoms with Crippen LogP contribution in [-0.4, -0.2) is 31.7 Å². The second-order valence-electron chi connectivity index (χ2n) is 6.24. The van der Waals surface area contributed by atoms with Crippen molar-refractivity contribution in [3.05, 3.63) is 29.3 Å². The number of aryl methyl sites for hydroxylation is 2. The van der Waals surface area contributed by atoms with Crippen LogP contribution in [0.3, 0.4) is 0 Å². The van der Waals surface area contributed by atoms with Crippen LogP contribution < -0.4 is 5.73 Å². The largest absolute Gasteiger partial charge is 0.369 e. The molecule has 6 heteroatoms. The summed E-state index contributed by atoms with van der Waals surface area (Å²) in [6.45, 7) is 0.665. The molecule has 1 fully saturated rings. The average molecular weight is 322 g/mol. The van der Waals surface area contributed by atoms with Gasteiger partial charge in [0.05, 0.1) is 10.8 Å². The highest BCUT2D eigenvalue weighted by atomic mass is 32.2. The number of nitrogens with two attached hydrogens (primary N) is 1. The summed E-state index contributed by atoms with van der Waals surface area (Å²) in [5, 5.41) is 0. The van der Waals surface area contributed by atoms with E-state index < -0.39 is 15.9 Å². The Morgan fingerprint density at radius 2 is 1.86 bits per heavy atom. The number of hydrogen-bond donors (Lipinski definition) is 1. The molecule has 1 atom stereocenters. The molecule has 3 rings (SSSR count). The van der Waals surface area contributed by atoms with Crippen LogP contribution in [0.1, 0.15) is 36.8 Å². The maximum Gasteiger partial charge on any atom is 0.243 e. The lowest BCUT2D eigenvalue weighted by Crippen LogP contribution is -2.44. The smallest absolute Gasteiger partial charge is 0.243 e. The number of benzene rings is 1. The van der Waals surface area contributed by atoms with Crippen molar-refractivity contribution < 1.29 is 13.2 Å². The Bertz CT molecular complexity index is 685. The van der Waals surface area contributed by atoms with Gasteiger partial charge in [0.15, 0.2) is 0 Å². The zero-order valence-electron chi connectivity index (χ0n) is 12.6. The molecule has 5 nitrogen and oxygen atoms in total. The van der Waals surface area contributed by atoms with Crippen LogP contribution in [0.4, 0.5) is 0 Å². The van der Waals surface area contributed by atoms with Crippen molar-refractivity contribution in [2.75, 3.05) is 13.1 Å². The van der Waals surface area contributed by atoms with Crippen LogP contribution >= 0.6 is 0 Å². The molecule has 1 saturated heterocycles. The first-order valence-corrected chi connectivity index (χ1v) is 9.34. The number of sulfonamides is 1. The van der Waals surface area contributed by atoms with E-state index in [1.165, 1.54) is 16.3 Å². The Morgan fingerprint density at radius 3 is 2.59 bits per heavy atom. The number of piperidine rings is 1. The lowest BCUT2D eigenvalue weighted by atomic mass is 9.92. The van der Waals surface area contributed by atoms with Crippen molar-refractivity contribution in [3.8, 4) is 0 Å². The molecule has 1 aromatic carbocycles. The number of rotatable bonds is 3. The number of carbonyl (C=O) groups excluding carboxylic acids is 1. The third-order valence-corrected chi connectivity index (χ3v) is 6.61. The standard InChI is InChI=1S/C16H22N2O3S/c17-16(19)14-6-3-9-18(11-14)22(20,21)15-8-7-12-4-1-2-5-13(12)10-15/h7-8,10,14H,1-6,9,11H2,(H2,17,19). The van der Waals surface area contributed by atoms with Crippen LogP contribution in [-0.2, 0) is 27.7 Å². The molecule has 0 aromatic heterocycles. The van der Waals surface area contributed by atoms with Gasteiger partial charge in [0, 0.05) is 13.1 Å². The molecule has 1 unspecified atom stereocenters. The van der Waals surface area contributed by atoms with Crippen LogP contribution in [0, 0.1) is 5.92 Å². The SMILES string of the molecule is NC(=O)C1CCCN(S(=O)(=O)c2ccc3c(c2)CCCC3)C1. The zero-order chi connectivity index (χ0) is 15.7. The van der Waals surface area contributed by atoms with E-state index in [9.17, 15) is 13.2 Å². The predicted molar refractivity (Wildman–Crippen MR) is 83.8 cm³/mol. The molecule has 1 aromatic rings. The molecule has 2 N–H and O–H groups in total. The summed E-state index contributed by atoms with van der Waals surface area (Å²) in [6.07, 6.45) is 5.62. The van der Waals surface area contributed by atoms with Gasteiger partial charge in [-0.3, -0.25) is 4.79 Å². The van der Waals surface area contributed by atoms with E-state index in [0.29, 0.717) is 24.3 Å². The highest BCUT2D eigenvalue weighted by Gasteiger charge is 2.32. The van der Waals surface area contributed by atoms with Gasteiger partial charge in [-0.15, -0.1) is 0 Å². The first-order chi connectivity index (χ1) is 10.5. The molecule has 120 valence electrons. The predicted octanol–water partition coefficient (Wildman–Crippen LogP) is 1.45. The van der Waals surface area contributed by atoms with Gasteiger partial charge in [-0.25, -0.2) is 8.42 Å². The van der Waals surface area contributed by atoms with E-state index in [1.807, 2.05) is 12.1 Å². The normalized spacial score (nSPS) is 23.0. The highest BCUT2D eigenvalue weighted by Crippen LogP contribution is 2.28. The summed E-state index contributed by atoms with van der Waals surface area (Å²) in [4.78, 5) is 11.7. The van der Waals surface area contributed by atoms with Crippen LogP contribution in [0.25, 0.3) is 0 Å². The minimum Gasteiger partial charge on any atom is -0.369 e. The molecule has 1 aliphatic carbocycles. The molecule has 22 heavy (non-hydrogen) atoms. The number of carbonyl (C=O) groups is 1. The summed E-state index contributed by atoms with van der Waals surface area (Å²) in [5.41, 5.74) is 7.75. The van der Waals surface area contributed by atoms with Gasteiger partial charge in [-0.2, -0.15) is 4.31 Å². The number of fused-ring (bicyclic) bond motifs is 1. The van der Waals surface area contributed by atoms with Crippen LogP contribution in [0.15, 0.2) is 23.1 Å². The Hall–Kier alpha value is -1.40. The third kappa shape index (κ3) is 2.90. The maximum absolute atomic E-state index is 12.8. The highest BCUT2D eigenvalue weighted by molar-refractivity contribution is 7.89. The quantitative estimate of drug-likeness (QED) is 0.914. The maximum atomic E-state index is 12.8. The van der Waals surface area contributed by atoms with E-state index in [0.717, 1.165) is 24.8 Å². The fourth-order valence-electron chi connectivity index (χ4n) is 3.41. The first kappa shape index (κ1) is 15.5. The fourth-order valence-corrected chi connectivity index (χ4v) is 4.99. The topological polar surface area (TPSA) is 80.5 Å². The van der Waals surface area contributed by atoms with Gasteiger partial charge >= 0.3 is 0 Å². The summed E-state index contributed by atoms with van der Waals surface area (Å²) in [6, 6.07) is 5.46. The van der Waals surface area contributed by atoms with Crippen molar-refractivity contribution in [2.45, 2.75) is 43.4 Å². The molecule has 0 spiro atoms. The Morgan fingerprint density at radius 1 is 1.14 bits per heavy atom. The lowest BCUT2D eigenvalue weighted by Gasteiger charge is -2.30. The minimum atomic E-state index is -3.54. The molecule has 0 saturated carbocycles. The number of primary amides is 1. The van der Waals surface area contributed by atoms with Crippen molar-refractivity contribution >= 4 is 15.9 Å². The van der Waals surface area contributed by atoms with Gasteiger partial charge in [-0.1, -0.05) is 6.07 Å². The molecule has 2 aliphatic rings. The summed E-state index contributed by atoms with van der Waals surface area (Å²) in [7, 11) is -3.54. The van der Waals surface area contributed by atoms with Gasteiger partial charge in [0.1, 0.15) is 0 Å². The van der Waals surface area contributed by atoms with E-state index in [1.54, 1.807) is 6.07 Å². The summed E-state index contributed by atoms with van der Waals surface area (Å²) >= 11 is 0. The zero-order valence-corrected chi connectivity index (χ0v) is 13.4. The van der Waals surface area contributed by atoms with Gasteiger partial charge in [0.2, 0.25) is 15.9 Å². The van der Waals surface area contributed by atoms with Gasteiger partial charge in [0.25, 0.3) is 0 Å². The summed E-state index contributed by atoms with van der Waals surface area (Å²) in [5.74, 6) is -0.786. The van der Waals surface area contributed by atoms with Gasteiger partial charge in [-0.05, 0) is 61.8 Å². The molecule has 1 aliphatic heterocycles. The van der Waals surface area contributed by atoms with Crippen molar-refractivity contribution in [1.29, 1.82) is 0 Å². The molecule has 0 bridgehead atoms. The second kappa shape index (κ2) is 6.01. The molecule has 1 heterocycles. The molecule has 0 radical (unpaired) electrons. The Kier molecular flexibility index (Phi) is 4.23. The molecular weight excluding hydrogens is 300 g/mol. The third-order valence-electron chi connectivity index (χ3n) is 4.74. The van der Waals surface area contributed by atoms with Crippen molar-refractivity contribution in [1.82, 2.24) is 4.31 Å². The van der Waals surface area contributed by atoms with E-state index in [2.05, 4.69) is 0 Å². The second-order valence-corrected chi connectivity index (χ2v) is 8.18. The number of hydrogen-bond acceptors (Lipinski definition) is 3. The Labute approximate surface area is 131 Å². The van der Waals surface area contributed by atoms with Crippen LogP contribution in [0.2, 0.25) is 0 Å². The van der Waals surface area contributed by atoms with Crippen molar-refractivity contribution in [3.63, 3.8) is 0 Å². The lowest BCUT2D eigenvalue weighted by molar-refractivity contribution is -0.122. The monoisotopic (exact) mass is 322 g/mol. The Balaban J connectivity index is 1.87. The average Bonchev–Trinajstić information content (AvgIpc) is 2.54.